The van der Waals surface area contributed by atoms with Gasteiger partial charge in [-0.15, -0.1) is 0 Å². The minimum absolute atomic E-state index is 0.0680. The number of hydrogen-bond acceptors (Lipinski definition) is 3. The molecule has 4 nitrogen and oxygen atoms in total. The number of aromatic nitrogens is 1. The molecule has 0 saturated carbocycles. The fourth-order valence-electron chi connectivity index (χ4n) is 2.66. The lowest BCUT2D eigenvalue weighted by molar-refractivity contribution is 0.0695. The van der Waals surface area contributed by atoms with Crippen molar-refractivity contribution in [3.63, 3.8) is 0 Å². The summed E-state index contributed by atoms with van der Waals surface area (Å²) in [6.45, 7) is 0. The van der Waals surface area contributed by atoms with Crippen LogP contribution in [-0.2, 0) is 6.42 Å². The van der Waals surface area contributed by atoms with E-state index in [1.807, 2.05) is 60.7 Å². The first kappa shape index (κ1) is 15.7. The van der Waals surface area contributed by atoms with Crippen LogP contribution in [-0.4, -0.2) is 16.1 Å². The molecule has 0 spiro atoms. The van der Waals surface area contributed by atoms with Crippen molar-refractivity contribution in [1.29, 1.82) is 0 Å². The lowest BCUT2D eigenvalue weighted by Gasteiger charge is -2.21. The van der Waals surface area contributed by atoms with Crippen molar-refractivity contribution >= 4 is 11.7 Å². The number of benzene rings is 2. The molecule has 1 heterocycles. The Bertz CT molecular complexity index is 804. The molecule has 2 aromatic carbocycles. The van der Waals surface area contributed by atoms with Crippen LogP contribution in [0.4, 0.5) is 5.69 Å². The van der Waals surface area contributed by atoms with Gasteiger partial charge in [0.25, 0.3) is 0 Å². The number of hydrogen-bond donors (Lipinski definition) is 2. The monoisotopic (exact) mass is 318 g/mol. The number of carboxylic acids is 1. The fourth-order valence-corrected chi connectivity index (χ4v) is 2.66. The van der Waals surface area contributed by atoms with E-state index in [9.17, 15) is 9.90 Å². The van der Waals surface area contributed by atoms with Crippen LogP contribution in [0.15, 0.2) is 79.0 Å². The van der Waals surface area contributed by atoms with Crippen molar-refractivity contribution in [3.05, 3.63) is 95.8 Å². The zero-order chi connectivity index (χ0) is 16.8. The minimum atomic E-state index is -0.954. The van der Waals surface area contributed by atoms with Crippen molar-refractivity contribution in [2.24, 2.45) is 0 Å². The van der Waals surface area contributed by atoms with Gasteiger partial charge in [-0.1, -0.05) is 48.5 Å². The number of para-hydroxylation sites is 1. The van der Waals surface area contributed by atoms with Crippen molar-refractivity contribution in [2.75, 3.05) is 5.32 Å². The number of nitrogens with one attached hydrogen (secondary N) is 1. The third-order valence-electron chi connectivity index (χ3n) is 3.83. The summed E-state index contributed by atoms with van der Waals surface area (Å²) in [4.78, 5) is 15.7. The molecule has 3 aromatic rings. The van der Waals surface area contributed by atoms with Crippen molar-refractivity contribution in [2.45, 2.75) is 12.5 Å². The van der Waals surface area contributed by atoms with Crippen LogP contribution in [0.25, 0.3) is 0 Å². The maximum absolute atomic E-state index is 11.4. The van der Waals surface area contributed by atoms with Crippen molar-refractivity contribution in [3.8, 4) is 0 Å². The van der Waals surface area contributed by atoms with Gasteiger partial charge in [0.05, 0.1) is 17.3 Å². The van der Waals surface area contributed by atoms with E-state index in [4.69, 9.17) is 0 Å². The molecule has 0 aliphatic carbocycles. The van der Waals surface area contributed by atoms with Crippen molar-refractivity contribution in [1.82, 2.24) is 4.98 Å². The molecule has 4 heteroatoms. The Morgan fingerprint density at radius 1 is 0.958 bits per heavy atom. The van der Waals surface area contributed by atoms with E-state index in [1.54, 1.807) is 18.3 Å². The van der Waals surface area contributed by atoms with Crippen LogP contribution in [0.3, 0.4) is 0 Å². The molecular weight excluding hydrogens is 300 g/mol. The molecule has 2 N–H and O–H groups in total. The Kier molecular flexibility index (Phi) is 4.87. The van der Waals surface area contributed by atoms with Gasteiger partial charge in [-0.25, -0.2) is 4.79 Å². The summed E-state index contributed by atoms with van der Waals surface area (Å²) in [6.07, 6.45) is 2.12. The zero-order valence-electron chi connectivity index (χ0n) is 13.1. The number of nitrogens with zero attached hydrogens (tertiary/aromatic N) is 1. The van der Waals surface area contributed by atoms with E-state index in [0.29, 0.717) is 12.1 Å². The predicted octanol–water partition coefficient (Wildman–Crippen LogP) is 4.18. The smallest absolute Gasteiger partial charge is 0.337 e. The molecule has 0 aliphatic rings. The van der Waals surface area contributed by atoms with Crippen LogP contribution in [0, 0.1) is 0 Å². The molecule has 3 rings (SSSR count). The van der Waals surface area contributed by atoms with E-state index in [2.05, 4.69) is 10.3 Å². The van der Waals surface area contributed by atoms with E-state index in [-0.39, 0.29) is 11.6 Å². The molecule has 0 amide bonds. The molecular formula is C20H18N2O2. The molecule has 120 valence electrons. The highest BCUT2D eigenvalue weighted by Gasteiger charge is 2.17. The minimum Gasteiger partial charge on any atom is -0.478 e. The van der Waals surface area contributed by atoms with Gasteiger partial charge in [-0.3, -0.25) is 4.98 Å². The van der Waals surface area contributed by atoms with Gasteiger partial charge in [-0.05, 0) is 29.8 Å². The Hall–Kier alpha value is -3.14. The fraction of sp³-hybridized carbons (Fsp3) is 0.100. The van der Waals surface area contributed by atoms with Gasteiger partial charge >= 0.3 is 5.97 Å². The summed E-state index contributed by atoms with van der Waals surface area (Å²) in [5.41, 5.74) is 2.89. The Labute approximate surface area is 140 Å². The molecule has 0 radical (unpaired) electrons. The van der Waals surface area contributed by atoms with Gasteiger partial charge in [0, 0.05) is 18.3 Å². The number of carboxylic acid groups (broad SMARTS) is 1. The second-order valence-corrected chi connectivity index (χ2v) is 5.48. The summed E-state index contributed by atoms with van der Waals surface area (Å²) in [5, 5.41) is 12.9. The molecule has 0 saturated heterocycles. The summed E-state index contributed by atoms with van der Waals surface area (Å²) in [5.74, 6) is -0.954. The zero-order valence-corrected chi connectivity index (χ0v) is 13.1. The normalized spacial score (nSPS) is 11.7. The van der Waals surface area contributed by atoms with Gasteiger partial charge in [-0.2, -0.15) is 0 Å². The number of pyridine rings is 1. The van der Waals surface area contributed by atoms with Gasteiger partial charge in [0.2, 0.25) is 0 Å². The standard InChI is InChI=1S/C20H18N2O2/c23-20(24)17-12-7-13-21-19(17)14-18(15-8-3-1-4-9-15)22-16-10-5-2-6-11-16/h1-13,18,22H,14H2,(H,23,24)/t18-/m1/s1. The third kappa shape index (κ3) is 3.79. The number of aromatic carboxylic acids is 1. The topological polar surface area (TPSA) is 62.2 Å². The van der Waals surface area contributed by atoms with Crippen LogP contribution in [0.2, 0.25) is 0 Å². The first-order chi connectivity index (χ1) is 11.7. The second-order valence-electron chi connectivity index (χ2n) is 5.48. The number of carbonyl (C=O) groups is 1. The Balaban J connectivity index is 1.92. The van der Waals surface area contributed by atoms with Gasteiger partial charge in [0.1, 0.15) is 0 Å². The highest BCUT2D eigenvalue weighted by atomic mass is 16.4. The Morgan fingerprint density at radius 2 is 1.62 bits per heavy atom. The molecule has 0 aliphatic heterocycles. The summed E-state index contributed by atoms with van der Waals surface area (Å²) in [6, 6.07) is 23.0. The van der Waals surface area contributed by atoms with Gasteiger partial charge < -0.3 is 10.4 Å². The first-order valence-corrected chi connectivity index (χ1v) is 7.78. The van der Waals surface area contributed by atoms with E-state index >= 15 is 0 Å². The number of anilines is 1. The van der Waals surface area contributed by atoms with E-state index in [0.717, 1.165) is 11.3 Å². The molecule has 0 bridgehead atoms. The van der Waals surface area contributed by atoms with Crippen LogP contribution in [0.1, 0.15) is 27.7 Å². The van der Waals surface area contributed by atoms with Crippen LogP contribution < -0.4 is 5.32 Å². The molecule has 0 unspecified atom stereocenters. The van der Waals surface area contributed by atoms with E-state index in [1.165, 1.54) is 0 Å². The largest absolute Gasteiger partial charge is 0.478 e. The maximum atomic E-state index is 11.4. The average Bonchev–Trinajstić information content (AvgIpc) is 2.63. The van der Waals surface area contributed by atoms with E-state index < -0.39 is 5.97 Å². The van der Waals surface area contributed by atoms with Gasteiger partial charge in [0.15, 0.2) is 0 Å². The third-order valence-corrected chi connectivity index (χ3v) is 3.83. The summed E-state index contributed by atoms with van der Waals surface area (Å²) in [7, 11) is 0. The van der Waals surface area contributed by atoms with Crippen molar-refractivity contribution < 1.29 is 9.90 Å². The quantitative estimate of drug-likeness (QED) is 0.716. The second kappa shape index (κ2) is 7.42. The highest BCUT2D eigenvalue weighted by Crippen LogP contribution is 2.24. The Morgan fingerprint density at radius 3 is 2.29 bits per heavy atom. The number of rotatable bonds is 6. The molecule has 0 fully saturated rings. The molecule has 1 aromatic heterocycles. The highest BCUT2D eigenvalue weighted by molar-refractivity contribution is 5.88. The predicted molar refractivity (Wildman–Crippen MR) is 94.1 cm³/mol. The summed E-state index contributed by atoms with van der Waals surface area (Å²) < 4.78 is 0. The van der Waals surface area contributed by atoms with Crippen LogP contribution >= 0.6 is 0 Å². The molecule has 1 atom stereocenters. The van der Waals surface area contributed by atoms with Crippen LogP contribution in [0.5, 0.6) is 0 Å². The maximum Gasteiger partial charge on any atom is 0.337 e. The molecule has 24 heavy (non-hydrogen) atoms. The summed E-state index contributed by atoms with van der Waals surface area (Å²) >= 11 is 0. The first-order valence-electron chi connectivity index (χ1n) is 7.78. The average molecular weight is 318 g/mol. The lowest BCUT2D eigenvalue weighted by atomic mass is 9.99. The SMILES string of the molecule is O=C(O)c1cccnc1C[C@@H](Nc1ccccc1)c1ccccc1. The lowest BCUT2D eigenvalue weighted by Crippen LogP contribution is -2.16.